The van der Waals surface area contributed by atoms with Gasteiger partial charge in [-0.05, 0) is 74.4 Å². The Morgan fingerprint density at radius 1 is 0.625 bits per heavy atom. The molecule has 0 aliphatic rings. The Kier molecular flexibility index (Phi) is 12.8. The standard InChI is InChI=1S/C40H32N6O10/c1-25-8-6-12-30(18-25)39(49)55-35-16-14-28(21-33(35)45(51)52)23-41-43-37(47)32(20-27-10-4-3-5-11-27)38(48)44-42-24-29-15-17-36(34(22-29)46(53)54)56-40(50)31-13-7-9-26(2)19-31/h3-19,21-24,32H,20H2,1-2H3,(H,43,47)(H,44,48)/b41-23+,42-24+. The number of nitro benzene ring substituents is 2. The van der Waals surface area contributed by atoms with Gasteiger partial charge in [-0.1, -0.05) is 65.7 Å². The topological polar surface area (TPSA) is 222 Å². The van der Waals surface area contributed by atoms with Crippen molar-refractivity contribution >= 4 is 47.6 Å². The van der Waals surface area contributed by atoms with Gasteiger partial charge in [0.25, 0.3) is 11.8 Å². The lowest BCUT2D eigenvalue weighted by atomic mass is 9.98. The Morgan fingerprint density at radius 3 is 1.48 bits per heavy atom. The molecule has 56 heavy (non-hydrogen) atoms. The Bertz CT molecular complexity index is 2230. The van der Waals surface area contributed by atoms with E-state index in [1.807, 2.05) is 0 Å². The van der Waals surface area contributed by atoms with Gasteiger partial charge in [0, 0.05) is 23.3 Å². The lowest BCUT2D eigenvalue weighted by Crippen LogP contribution is -2.39. The summed E-state index contributed by atoms with van der Waals surface area (Å²) in [6.45, 7) is 3.57. The number of rotatable bonds is 14. The highest BCUT2D eigenvalue weighted by Gasteiger charge is 2.27. The molecule has 0 atom stereocenters. The molecule has 16 heteroatoms. The molecule has 5 aromatic rings. The van der Waals surface area contributed by atoms with Crippen LogP contribution in [0.5, 0.6) is 11.5 Å². The van der Waals surface area contributed by atoms with E-state index < -0.39 is 50.9 Å². The number of hydrogen-bond donors (Lipinski definition) is 2. The second-order valence-electron chi connectivity index (χ2n) is 12.2. The molecule has 0 unspecified atom stereocenters. The maximum absolute atomic E-state index is 13.3. The van der Waals surface area contributed by atoms with Crippen molar-refractivity contribution in [3.05, 3.63) is 174 Å². The van der Waals surface area contributed by atoms with Crippen LogP contribution in [-0.2, 0) is 16.0 Å². The second kappa shape index (κ2) is 18.2. The number of ether oxygens (including phenoxy) is 2. The van der Waals surface area contributed by atoms with E-state index in [0.717, 1.165) is 35.7 Å². The van der Waals surface area contributed by atoms with Gasteiger partial charge in [-0.3, -0.25) is 29.8 Å². The minimum atomic E-state index is -1.37. The number of carbonyl (C=O) groups excluding carboxylic acids is 4. The molecule has 5 rings (SSSR count). The van der Waals surface area contributed by atoms with Crippen LogP contribution in [0.25, 0.3) is 0 Å². The first-order chi connectivity index (χ1) is 26.9. The van der Waals surface area contributed by atoms with E-state index in [4.69, 9.17) is 9.47 Å². The largest absolute Gasteiger partial charge is 0.416 e. The molecule has 5 aromatic carbocycles. The maximum Gasteiger partial charge on any atom is 0.343 e. The average molecular weight is 757 g/mol. The zero-order chi connectivity index (χ0) is 40.2. The Balaban J connectivity index is 1.26. The number of hydrogen-bond acceptors (Lipinski definition) is 12. The van der Waals surface area contributed by atoms with Gasteiger partial charge in [-0.2, -0.15) is 10.2 Å². The first-order valence-corrected chi connectivity index (χ1v) is 16.7. The monoisotopic (exact) mass is 756 g/mol. The van der Waals surface area contributed by atoms with Crippen molar-refractivity contribution in [2.24, 2.45) is 16.1 Å². The molecule has 282 valence electrons. The number of hydrazone groups is 2. The molecule has 0 saturated heterocycles. The molecule has 16 nitrogen and oxygen atoms in total. The molecular formula is C40H32N6O10. The highest BCUT2D eigenvalue weighted by atomic mass is 16.6. The lowest BCUT2D eigenvalue weighted by molar-refractivity contribution is -0.385. The van der Waals surface area contributed by atoms with E-state index in [9.17, 15) is 39.4 Å². The first-order valence-electron chi connectivity index (χ1n) is 16.7. The van der Waals surface area contributed by atoms with E-state index >= 15 is 0 Å². The highest BCUT2D eigenvalue weighted by molar-refractivity contribution is 6.01. The van der Waals surface area contributed by atoms with Crippen molar-refractivity contribution in [1.82, 2.24) is 10.9 Å². The summed E-state index contributed by atoms with van der Waals surface area (Å²) >= 11 is 0. The highest BCUT2D eigenvalue weighted by Crippen LogP contribution is 2.30. The van der Waals surface area contributed by atoms with Crippen LogP contribution in [0.1, 0.15) is 48.5 Å². The molecule has 0 fully saturated rings. The van der Waals surface area contributed by atoms with Gasteiger partial charge in [0.15, 0.2) is 0 Å². The van der Waals surface area contributed by atoms with Crippen molar-refractivity contribution in [3.8, 4) is 11.5 Å². The Labute approximate surface area is 318 Å². The molecule has 0 spiro atoms. The number of esters is 2. The number of benzene rings is 5. The number of nitrogens with zero attached hydrogens (tertiary/aromatic N) is 4. The summed E-state index contributed by atoms with van der Waals surface area (Å²) < 4.78 is 10.6. The molecule has 0 saturated carbocycles. The number of nitrogens with one attached hydrogen (secondary N) is 2. The molecule has 0 aliphatic carbocycles. The van der Waals surface area contributed by atoms with Gasteiger partial charge in [-0.25, -0.2) is 20.4 Å². The fourth-order valence-corrected chi connectivity index (χ4v) is 5.20. The van der Waals surface area contributed by atoms with Crippen LogP contribution in [0.3, 0.4) is 0 Å². The number of aryl methyl sites for hydroxylation is 2. The van der Waals surface area contributed by atoms with Gasteiger partial charge in [0.1, 0.15) is 5.92 Å². The molecule has 0 bridgehead atoms. The quantitative estimate of drug-likeness (QED) is 0.0335. The third kappa shape index (κ3) is 10.6. The van der Waals surface area contributed by atoms with E-state index in [2.05, 4.69) is 21.1 Å². The summed E-state index contributed by atoms with van der Waals surface area (Å²) in [5.41, 5.74) is 6.49. The van der Waals surface area contributed by atoms with Crippen molar-refractivity contribution in [1.29, 1.82) is 0 Å². The summed E-state index contributed by atoms with van der Waals surface area (Å²) in [5, 5.41) is 31.3. The smallest absolute Gasteiger partial charge is 0.343 e. The van der Waals surface area contributed by atoms with Gasteiger partial charge in [0.05, 0.1) is 33.4 Å². The van der Waals surface area contributed by atoms with Crippen LogP contribution in [0.4, 0.5) is 11.4 Å². The fourth-order valence-electron chi connectivity index (χ4n) is 5.20. The number of nitro groups is 2. The van der Waals surface area contributed by atoms with Crippen molar-refractivity contribution in [2.45, 2.75) is 20.3 Å². The Morgan fingerprint density at radius 2 is 1.07 bits per heavy atom. The predicted molar refractivity (Wildman–Crippen MR) is 204 cm³/mol. The van der Waals surface area contributed by atoms with Crippen LogP contribution in [0.15, 0.2) is 125 Å². The number of carbonyl (C=O) groups is 4. The van der Waals surface area contributed by atoms with Crippen LogP contribution in [0, 0.1) is 40.0 Å². The Hall–Kier alpha value is -7.88. The summed E-state index contributed by atoms with van der Waals surface area (Å²) in [4.78, 5) is 73.9. The van der Waals surface area contributed by atoms with Gasteiger partial charge in [0.2, 0.25) is 11.5 Å². The summed E-state index contributed by atoms with van der Waals surface area (Å²) in [6, 6.07) is 29.1. The predicted octanol–water partition coefficient (Wildman–Crippen LogP) is 6.02. The van der Waals surface area contributed by atoms with Crippen molar-refractivity contribution in [3.63, 3.8) is 0 Å². The minimum Gasteiger partial charge on any atom is -0.416 e. The van der Waals surface area contributed by atoms with Gasteiger partial charge >= 0.3 is 23.3 Å². The van der Waals surface area contributed by atoms with Crippen LogP contribution in [0.2, 0.25) is 0 Å². The van der Waals surface area contributed by atoms with Crippen LogP contribution < -0.4 is 20.3 Å². The summed E-state index contributed by atoms with van der Waals surface area (Å²) in [6.07, 6.45) is 2.16. The van der Waals surface area contributed by atoms with E-state index in [-0.39, 0.29) is 40.2 Å². The summed E-state index contributed by atoms with van der Waals surface area (Å²) in [7, 11) is 0. The molecule has 0 heterocycles. The first kappa shape index (κ1) is 39.3. The van der Waals surface area contributed by atoms with Crippen LogP contribution >= 0.6 is 0 Å². The molecular weight excluding hydrogens is 724 g/mol. The van der Waals surface area contributed by atoms with E-state index in [1.54, 1.807) is 80.6 Å². The number of amides is 2. The van der Waals surface area contributed by atoms with Gasteiger partial charge in [-0.15, -0.1) is 0 Å². The lowest BCUT2D eigenvalue weighted by Gasteiger charge is -2.13. The van der Waals surface area contributed by atoms with Crippen LogP contribution in [-0.4, -0.2) is 46.0 Å². The molecule has 0 aliphatic heterocycles. The normalized spacial score (nSPS) is 11.0. The van der Waals surface area contributed by atoms with Gasteiger partial charge < -0.3 is 9.47 Å². The minimum absolute atomic E-state index is 0.0670. The van der Waals surface area contributed by atoms with E-state index in [1.165, 1.54) is 36.4 Å². The maximum atomic E-state index is 13.3. The molecule has 0 radical (unpaired) electrons. The summed E-state index contributed by atoms with van der Waals surface area (Å²) in [5.74, 6) is -5.22. The molecule has 2 N–H and O–H groups in total. The zero-order valence-corrected chi connectivity index (χ0v) is 29.8. The SMILES string of the molecule is Cc1cccc(C(=O)Oc2ccc(/C=N/NC(=O)C(Cc3ccccc3)C(=O)N/N=C/c3ccc(OC(=O)c4cccc(C)c4)c([N+](=O)[O-])c3)cc2[N+](=O)[O-])c1. The second-order valence-corrected chi connectivity index (χ2v) is 12.2. The van der Waals surface area contributed by atoms with Crippen molar-refractivity contribution < 1.29 is 38.5 Å². The third-order valence-corrected chi connectivity index (χ3v) is 7.96. The van der Waals surface area contributed by atoms with E-state index in [0.29, 0.717) is 5.56 Å². The zero-order valence-electron chi connectivity index (χ0n) is 29.8. The van der Waals surface area contributed by atoms with Crippen molar-refractivity contribution in [2.75, 3.05) is 0 Å². The third-order valence-electron chi connectivity index (χ3n) is 7.96. The average Bonchev–Trinajstić information content (AvgIpc) is 3.18. The fraction of sp³-hybridized carbons (Fsp3) is 0.100. The molecule has 2 amide bonds. The molecule has 0 aromatic heterocycles.